The Bertz CT molecular complexity index is 958. The van der Waals surface area contributed by atoms with Gasteiger partial charge in [-0.2, -0.15) is 4.98 Å². The molecule has 0 aliphatic carbocycles. The van der Waals surface area contributed by atoms with Crippen LogP contribution in [0.15, 0.2) is 53.1 Å². The molecule has 4 rings (SSSR count). The van der Waals surface area contributed by atoms with Crippen molar-refractivity contribution in [2.45, 2.75) is 18.8 Å². The molecule has 0 spiro atoms. The third-order valence-corrected chi connectivity index (χ3v) is 4.96. The van der Waals surface area contributed by atoms with Crippen LogP contribution < -0.4 is 0 Å². The molecule has 27 heavy (non-hydrogen) atoms. The quantitative estimate of drug-likeness (QED) is 0.663. The second-order valence-corrected chi connectivity index (χ2v) is 6.99. The van der Waals surface area contributed by atoms with Gasteiger partial charge < -0.3 is 9.42 Å². The minimum atomic E-state index is -0.417. The highest BCUT2D eigenvalue weighted by Crippen LogP contribution is 2.29. The van der Waals surface area contributed by atoms with E-state index in [9.17, 15) is 9.18 Å². The Kier molecular flexibility index (Phi) is 4.90. The van der Waals surface area contributed by atoms with Gasteiger partial charge in [-0.05, 0) is 36.2 Å². The summed E-state index contributed by atoms with van der Waals surface area (Å²) in [6.45, 7) is 1.15. The van der Waals surface area contributed by atoms with Crippen LogP contribution in [0.5, 0.6) is 0 Å². The second-order valence-electron chi connectivity index (χ2n) is 6.55. The number of halogens is 2. The second kappa shape index (κ2) is 7.48. The van der Waals surface area contributed by atoms with Crippen LogP contribution >= 0.6 is 11.6 Å². The topological polar surface area (TPSA) is 59.2 Å². The first-order valence-corrected chi connectivity index (χ1v) is 9.08. The molecule has 1 saturated heterocycles. The van der Waals surface area contributed by atoms with Gasteiger partial charge in [-0.1, -0.05) is 41.0 Å². The van der Waals surface area contributed by atoms with Gasteiger partial charge in [-0.25, -0.2) is 4.39 Å². The molecule has 1 unspecified atom stereocenters. The Labute approximate surface area is 160 Å². The zero-order chi connectivity index (χ0) is 18.8. The van der Waals surface area contributed by atoms with Gasteiger partial charge in [0.1, 0.15) is 5.82 Å². The lowest BCUT2D eigenvalue weighted by Gasteiger charge is -2.15. The van der Waals surface area contributed by atoms with E-state index in [1.54, 1.807) is 23.1 Å². The van der Waals surface area contributed by atoms with Crippen molar-refractivity contribution in [3.8, 4) is 11.5 Å². The monoisotopic (exact) mass is 385 g/mol. The lowest BCUT2D eigenvalue weighted by atomic mass is 10.1. The molecule has 1 amide bonds. The number of hydrogen-bond acceptors (Lipinski definition) is 4. The molecule has 1 aliphatic heterocycles. The fourth-order valence-electron chi connectivity index (χ4n) is 3.22. The lowest BCUT2D eigenvalue weighted by Crippen LogP contribution is -2.27. The summed E-state index contributed by atoms with van der Waals surface area (Å²) in [5.41, 5.74) is 1.39. The van der Waals surface area contributed by atoms with Crippen LogP contribution in [0.25, 0.3) is 11.5 Å². The summed E-state index contributed by atoms with van der Waals surface area (Å²) in [4.78, 5) is 18.4. The van der Waals surface area contributed by atoms with Crippen molar-refractivity contribution in [2.24, 2.45) is 0 Å². The summed E-state index contributed by atoms with van der Waals surface area (Å²) >= 11 is 5.89. The van der Waals surface area contributed by atoms with E-state index in [1.165, 1.54) is 6.07 Å². The van der Waals surface area contributed by atoms with E-state index in [0.717, 1.165) is 12.0 Å². The molecule has 0 N–H and O–H groups in total. The van der Waals surface area contributed by atoms with E-state index < -0.39 is 5.82 Å². The minimum Gasteiger partial charge on any atom is -0.342 e. The van der Waals surface area contributed by atoms with Gasteiger partial charge in [-0.3, -0.25) is 4.79 Å². The maximum Gasteiger partial charge on any atom is 0.260 e. The maximum atomic E-state index is 13.9. The smallest absolute Gasteiger partial charge is 0.260 e. The number of carbonyl (C=O) groups is 1. The predicted molar refractivity (Wildman–Crippen MR) is 98.8 cm³/mol. The van der Waals surface area contributed by atoms with Crippen molar-refractivity contribution >= 4 is 17.5 Å². The van der Waals surface area contributed by atoms with Crippen molar-refractivity contribution < 1.29 is 13.7 Å². The molecular formula is C20H17ClFN3O2. The highest BCUT2D eigenvalue weighted by atomic mass is 35.5. The van der Waals surface area contributed by atoms with Crippen molar-refractivity contribution in [3.63, 3.8) is 0 Å². The summed E-state index contributed by atoms with van der Waals surface area (Å²) in [7, 11) is 0. The van der Waals surface area contributed by atoms with Gasteiger partial charge in [0.05, 0.1) is 5.56 Å². The van der Waals surface area contributed by atoms with Crippen molar-refractivity contribution in [1.82, 2.24) is 15.0 Å². The van der Waals surface area contributed by atoms with Gasteiger partial charge in [0.15, 0.2) is 5.82 Å². The zero-order valence-corrected chi connectivity index (χ0v) is 15.2. The lowest BCUT2D eigenvalue weighted by molar-refractivity contribution is -0.127. The van der Waals surface area contributed by atoms with Gasteiger partial charge >= 0.3 is 0 Å². The van der Waals surface area contributed by atoms with Crippen LogP contribution in [-0.2, 0) is 11.2 Å². The number of rotatable bonds is 5. The molecule has 7 heteroatoms. The number of hydrogen-bond donors (Lipinski definition) is 0. The Morgan fingerprint density at radius 2 is 1.96 bits per heavy atom. The van der Waals surface area contributed by atoms with Gasteiger partial charge in [-0.15, -0.1) is 0 Å². The average Bonchev–Trinajstić information content (AvgIpc) is 3.29. The van der Waals surface area contributed by atoms with Crippen LogP contribution in [0.3, 0.4) is 0 Å². The van der Waals surface area contributed by atoms with E-state index in [0.29, 0.717) is 30.4 Å². The highest BCUT2D eigenvalue weighted by molar-refractivity contribution is 6.30. The first kappa shape index (κ1) is 17.7. The SMILES string of the molecule is O=C1CC(c2noc(-c3ccccc3F)n2)CN1CCc1ccc(Cl)cc1. The van der Waals surface area contributed by atoms with E-state index in [2.05, 4.69) is 10.1 Å². The first-order chi connectivity index (χ1) is 13.1. The zero-order valence-electron chi connectivity index (χ0n) is 14.4. The molecule has 3 aromatic rings. The van der Waals surface area contributed by atoms with Gasteiger partial charge in [0, 0.05) is 30.5 Å². The van der Waals surface area contributed by atoms with E-state index in [4.69, 9.17) is 16.1 Å². The molecule has 2 heterocycles. The first-order valence-electron chi connectivity index (χ1n) is 8.71. The van der Waals surface area contributed by atoms with E-state index in [1.807, 2.05) is 24.3 Å². The van der Waals surface area contributed by atoms with Crippen LogP contribution in [0.4, 0.5) is 4.39 Å². The van der Waals surface area contributed by atoms with Crippen LogP contribution in [-0.4, -0.2) is 34.0 Å². The number of nitrogens with zero attached hydrogens (tertiary/aromatic N) is 3. The summed E-state index contributed by atoms with van der Waals surface area (Å²) < 4.78 is 19.1. The summed E-state index contributed by atoms with van der Waals surface area (Å²) in [6, 6.07) is 13.8. The Balaban J connectivity index is 1.42. The molecule has 138 valence electrons. The summed E-state index contributed by atoms with van der Waals surface area (Å²) in [5.74, 6) is 0.0729. The Morgan fingerprint density at radius 1 is 1.19 bits per heavy atom. The normalized spacial score (nSPS) is 16.9. The Morgan fingerprint density at radius 3 is 2.74 bits per heavy atom. The fourth-order valence-corrected chi connectivity index (χ4v) is 3.35. The molecule has 2 aromatic carbocycles. The molecule has 0 radical (unpaired) electrons. The molecule has 1 fully saturated rings. The maximum absolute atomic E-state index is 13.9. The van der Waals surface area contributed by atoms with Crippen LogP contribution in [0, 0.1) is 5.82 Å². The van der Waals surface area contributed by atoms with Crippen LogP contribution in [0.2, 0.25) is 5.02 Å². The molecule has 0 bridgehead atoms. The molecule has 5 nitrogen and oxygen atoms in total. The molecule has 1 aliphatic rings. The number of benzene rings is 2. The summed E-state index contributed by atoms with van der Waals surface area (Å²) in [5, 5.41) is 4.66. The third kappa shape index (κ3) is 3.85. The predicted octanol–water partition coefficient (Wildman–Crippen LogP) is 4.09. The number of carbonyl (C=O) groups excluding carboxylic acids is 1. The average molecular weight is 386 g/mol. The van der Waals surface area contributed by atoms with Crippen molar-refractivity contribution in [1.29, 1.82) is 0 Å². The van der Waals surface area contributed by atoms with Gasteiger partial charge in [0.25, 0.3) is 5.89 Å². The van der Waals surface area contributed by atoms with E-state index in [-0.39, 0.29) is 23.3 Å². The fraction of sp³-hybridized carbons (Fsp3) is 0.250. The third-order valence-electron chi connectivity index (χ3n) is 4.71. The van der Waals surface area contributed by atoms with Crippen molar-refractivity contribution in [2.75, 3.05) is 13.1 Å². The minimum absolute atomic E-state index is 0.0613. The molecule has 0 saturated carbocycles. The van der Waals surface area contributed by atoms with E-state index >= 15 is 0 Å². The molecule has 1 aromatic heterocycles. The standard InChI is InChI=1S/C20H17ClFN3O2/c21-15-7-5-13(6-8-15)9-10-25-12-14(11-18(25)26)19-23-20(27-24-19)16-3-1-2-4-17(16)22/h1-8,14H,9-12H2. The highest BCUT2D eigenvalue weighted by Gasteiger charge is 2.33. The summed E-state index contributed by atoms with van der Waals surface area (Å²) in [6.07, 6.45) is 1.08. The van der Waals surface area contributed by atoms with Crippen LogP contribution in [0.1, 0.15) is 23.7 Å². The van der Waals surface area contributed by atoms with Crippen molar-refractivity contribution in [3.05, 3.63) is 70.8 Å². The largest absolute Gasteiger partial charge is 0.342 e. The Hall–Kier alpha value is -2.73. The molecule has 1 atom stereocenters. The molecular weight excluding hydrogens is 369 g/mol. The number of amides is 1. The number of likely N-dealkylation sites (tertiary alicyclic amines) is 1. The number of aromatic nitrogens is 2. The van der Waals surface area contributed by atoms with Gasteiger partial charge in [0.2, 0.25) is 5.91 Å².